The van der Waals surface area contributed by atoms with Crippen molar-refractivity contribution in [1.82, 2.24) is 10.6 Å². The van der Waals surface area contributed by atoms with E-state index >= 15 is 0 Å². The lowest BCUT2D eigenvalue weighted by atomic mass is 9.92. The zero-order valence-electron chi connectivity index (χ0n) is 12.9. The maximum atomic E-state index is 12.0. The normalized spacial score (nSPS) is 16.3. The first kappa shape index (κ1) is 16.8. The Hall–Kier alpha value is -1.55. The Morgan fingerprint density at radius 3 is 2.45 bits per heavy atom. The van der Waals surface area contributed by atoms with Crippen LogP contribution in [0.5, 0.6) is 0 Å². The third-order valence-electron chi connectivity index (χ3n) is 4.35. The first-order valence-corrected chi connectivity index (χ1v) is 8.23. The molecule has 120 valence electrons. The third kappa shape index (κ3) is 5.02. The van der Waals surface area contributed by atoms with Crippen molar-refractivity contribution in [3.8, 4) is 0 Å². The highest BCUT2D eigenvalue weighted by atomic mass is 35.5. The molecule has 0 spiro atoms. The van der Waals surface area contributed by atoms with Crippen LogP contribution in [-0.4, -0.2) is 18.4 Å². The van der Waals surface area contributed by atoms with Gasteiger partial charge in [0.05, 0.1) is 6.54 Å². The molecule has 4 nitrogen and oxygen atoms in total. The molecule has 2 amide bonds. The van der Waals surface area contributed by atoms with E-state index in [1.165, 1.54) is 12.8 Å². The van der Waals surface area contributed by atoms with Gasteiger partial charge in [0.2, 0.25) is 11.8 Å². The van der Waals surface area contributed by atoms with E-state index in [0.717, 1.165) is 18.4 Å². The van der Waals surface area contributed by atoms with Gasteiger partial charge in [0, 0.05) is 17.5 Å². The summed E-state index contributed by atoms with van der Waals surface area (Å²) in [6.45, 7) is 2.42. The van der Waals surface area contributed by atoms with Gasteiger partial charge >= 0.3 is 0 Å². The van der Waals surface area contributed by atoms with Gasteiger partial charge in [0.25, 0.3) is 0 Å². The predicted molar refractivity (Wildman–Crippen MR) is 87.4 cm³/mol. The topological polar surface area (TPSA) is 58.2 Å². The van der Waals surface area contributed by atoms with Crippen LogP contribution >= 0.6 is 11.6 Å². The molecule has 1 unspecified atom stereocenters. The lowest BCUT2D eigenvalue weighted by Crippen LogP contribution is -2.40. The number of halogens is 1. The molecule has 1 aromatic carbocycles. The van der Waals surface area contributed by atoms with E-state index in [4.69, 9.17) is 11.6 Å². The Balaban J connectivity index is 1.68. The third-order valence-corrected chi connectivity index (χ3v) is 4.60. The Morgan fingerprint density at radius 2 is 1.82 bits per heavy atom. The molecule has 0 saturated heterocycles. The van der Waals surface area contributed by atoms with E-state index in [-0.39, 0.29) is 24.3 Å². The van der Waals surface area contributed by atoms with E-state index in [0.29, 0.717) is 17.5 Å². The van der Waals surface area contributed by atoms with Crippen LogP contribution in [0.15, 0.2) is 24.3 Å². The number of nitrogens with one attached hydrogen (secondary N) is 2. The van der Waals surface area contributed by atoms with E-state index in [1.54, 1.807) is 12.1 Å². The second-order valence-corrected chi connectivity index (χ2v) is 6.39. The highest BCUT2D eigenvalue weighted by molar-refractivity contribution is 6.30. The van der Waals surface area contributed by atoms with Crippen molar-refractivity contribution in [2.45, 2.75) is 39.2 Å². The summed E-state index contributed by atoms with van der Waals surface area (Å²) in [7, 11) is 0. The summed E-state index contributed by atoms with van der Waals surface area (Å²) in [6, 6.07) is 7.30. The van der Waals surface area contributed by atoms with Crippen LogP contribution in [0.2, 0.25) is 5.02 Å². The molecule has 1 fully saturated rings. The highest BCUT2D eigenvalue weighted by Gasteiger charge is 2.26. The number of carbonyl (C=O) groups is 2. The minimum Gasteiger partial charge on any atom is -0.350 e. The number of rotatable bonds is 6. The number of amides is 2. The molecule has 22 heavy (non-hydrogen) atoms. The zero-order valence-corrected chi connectivity index (χ0v) is 13.7. The fourth-order valence-electron chi connectivity index (χ4n) is 2.87. The van der Waals surface area contributed by atoms with Gasteiger partial charge in [-0.3, -0.25) is 9.59 Å². The Bertz CT molecular complexity index is 510. The summed E-state index contributed by atoms with van der Waals surface area (Å²) in [5.41, 5.74) is 0.975. The van der Waals surface area contributed by atoms with Gasteiger partial charge in [-0.1, -0.05) is 43.5 Å². The molecule has 2 N–H and O–H groups in total. The summed E-state index contributed by atoms with van der Waals surface area (Å²) in [5.74, 6) is 0.263. The second-order valence-electron chi connectivity index (χ2n) is 5.95. The molecular formula is C17H23ClN2O2. The molecular weight excluding hydrogens is 300 g/mol. The number of benzene rings is 1. The molecule has 0 bridgehead atoms. The van der Waals surface area contributed by atoms with Gasteiger partial charge in [-0.15, -0.1) is 0 Å². The maximum absolute atomic E-state index is 12.0. The molecule has 0 heterocycles. The van der Waals surface area contributed by atoms with E-state index in [1.807, 2.05) is 19.1 Å². The summed E-state index contributed by atoms with van der Waals surface area (Å²) in [5, 5.41) is 6.19. The molecule has 1 aromatic rings. The van der Waals surface area contributed by atoms with Crippen molar-refractivity contribution < 1.29 is 9.59 Å². The fourth-order valence-corrected chi connectivity index (χ4v) is 2.99. The van der Waals surface area contributed by atoms with Crippen molar-refractivity contribution in [2.24, 2.45) is 11.8 Å². The van der Waals surface area contributed by atoms with Gasteiger partial charge < -0.3 is 10.6 Å². The average Bonchev–Trinajstić information content (AvgIpc) is 3.05. The van der Waals surface area contributed by atoms with Crippen LogP contribution < -0.4 is 10.6 Å². The minimum absolute atomic E-state index is 0.00781. The second kappa shape index (κ2) is 8.18. The molecule has 0 aromatic heterocycles. The lowest BCUT2D eigenvalue weighted by molar-refractivity contribution is -0.129. The Morgan fingerprint density at radius 1 is 1.18 bits per heavy atom. The monoisotopic (exact) mass is 322 g/mol. The van der Waals surface area contributed by atoms with Crippen molar-refractivity contribution in [3.05, 3.63) is 34.9 Å². The summed E-state index contributed by atoms with van der Waals surface area (Å²) in [6.07, 6.45) is 4.67. The SMILES string of the molecule is CC(C(=O)NCC(=O)NCc1ccc(Cl)cc1)C1CCCC1. The van der Waals surface area contributed by atoms with E-state index in [9.17, 15) is 9.59 Å². The molecule has 1 atom stereocenters. The van der Waals surface area contributed by atoms with Crippen molar-refractivity contribution >= 4 is 23.4 Å². The van der Waals surface area contributed by atoms with Gasteiger partial charge in [-0.2, -0.15) is 0 Å². The van der Waals surface area contributed by atoms with Crippen LogP contribution in [0.25, 0.3) is 0 Å². The van der Waals surface area contributed by atoms with Crippen LogP contribution in [0, 0.1) is 11.8 Å². The lowest BCUT2D eigenvalue weighted by Gasteiger charge is -2.18. The predicted octanol–water partition coefficient (Wildman–Crippen LogP) is 2.90. The van der Waals surface area contributed by atoms with Gasteiger partial charge in [-0.25, -0.2) is 0 Å². The smallest absolute Gasteiger partial charge is 0.239 e. The summed E-state index contributed by atoms with van der Waals surface area (Å²) >= 11 is 5.81. The molecule has 0 radical (unpaired) electrons. The Labute approximate surface area is 136 Å². The summed E-state index contributed by atoms with van der Waals surface area (Å²) in [4.78, 5) is 23.8. The standard InChI is InChI=1S/C17H23ClN2O2/c1-12(14-4-2-3-5-14)17(22)20-11-16(21)19-10-13-6-8-15(18)9-7-13/h6-9,12,14H,2-5,10-11H2,1H3,(H,19,21)(H,20,22). The largest absolute Gasteiger partial charge is 0.350 e. The highest BCUT2D eigenvalue weighted by Crippen LogP contribution is 2.31. The van der Waals surface area contributed by atoms with Crippen LogP contribution in [0.4, 0.5) is 0 Å². The van der Waals surface area contributed by atoms with Gasteiger partial charge in [-0.05, 0) is 36.5 Å². The van der Waals surface area contributed by atoms with Crippen molar-refractivity contribution in [1.29, 1.82) is 0 Å². The molecule has 2 rings (SSSR count). The molecule has 1 aliphatic carbocycles. The number of carbonyl (C=O) groups excluding carboxylic acids is 2. The van der Waals surface area contributed by atoms with Crippen molar-refractivity contribution in [2.75, 3.05) is 6.54 Å². The molecule has 5 heteroatoms. The number of hydrogen-bond acceptors (Lipinski definition) is 2. The fraction of sp³-hybridized carbons (Fsp3) is 0.529. The van der Waals surface area contributed by atoms with E-state index < -0.39 is 0 Å². The quantitative estimate of drug-likeness (QED) is 0.846. The Kier molecular flexibility index (Phi) is 6.25. The summed E-state index contributed by atoms with van der Waals surface area (Å²) < 4.78 is 0. The number of hydrogen-bond donors (Lipinski definition) is 2. The van der Waals surface area contributed by atoms with Crippen LogP contribution in [0.3, 0.4) is 0 Å². The van der Waals surface area contributed by atoms with Gasteiger partial charge in [0.15, 0.2) is 0 Å². The molecule has 0 aliphatic heterocycles. The van der Waals surface area contributed by atoms with Gasteiger partial charge in [0.1, 0.15) is 0 Å². The minimum atomic E-state index is -0.179. The molecule has 1 aliphatic rings. The molecule has 1 saturated carbocycles. The average molecular weight is 323 g/mol. The first-order valence-electron chi connectivity index (χ1n) is 7.85. The van der Waals surface area contributed by atoms with Crippen LogP contribution in [-0.2, 0) is 16.1 Å². The first-order chi connectivity index (χ1) is 10.6. The van der Waals surface area contributed by atoms with E-state index in [2.05, 4.69) is 10.6 Å². The zero-order chi connectivity index (χ0) is 15.9. The maximum Gasteiger partial charge on any atom is 0.239 e. The van der Waals surface area contributed by atoms with Crippen molar-refractivity contribution in [3.63, 3.8) is 0 Å². The van der Waals surface area contributed by atoms with Crippen LogP contribution in [0.1, 0.15) is 38.2 Å².